The second kappa shape index (κ2) is 11.5. The molecule has 1 unspecified atom stereocenters. The van der Waals surface area contributed by atoms with Gasteiger partial charge in [-0.2, -0.15) is 0 Å². The van der Waals surface area contributed by atoms with Crippen LogP contribution < -0.4 is 10.6 Å². The van der Waals surface area contributed by atoms with Crippen LogP contribution in [0.2, 0.25) is 0 Å². The van der Waals surface area contributed by atoms with Crippen molar-refractivity contribution in [2.75, 3.05) is 45.1 Å². The molecule has 1 aromatic heterocycles. The van der Waals surface area contributed by atoms with E-state index in [2.05, 4.69) is 15.6 Å². The number of anilines is 2. The van der Waals surface area contributed by atoms with Gasteiger partial charge in [0.25, 0.3) is 0 Å². The molecule has 0 fully saturated rings. The molecule has 2 N–H and O–H groups in total. The zero-order valence-electron chi connectivity index (χ0n) is 22.7. The van der Waals surface area contributed by atoms with Crippen LogP contribution in [0.15, 0.2) is 60.8 Å². The second-order valence-electron chi connectivity index (χ2n) is 10.0. The van der Waals surface area contributed by atoms with E-state index < -0.39 is 11.7 Å². The number of nitrogens with one attached hydrogen (secondary N) is 2. The first-order valence-corrected chi connectivity index (χ1v) is 13.0. The smallest absolute Gasteiger partial charge is 0.249 e. The summed E-state index contributed by atoms with van der Waals surface area (Å²) in [6, 6.07) is 16.9. The Morgan fingerprint density at radius 3 is 2.60 bits per heavy atom. The summed E-state index contributed by atoms with van der Waals surface area (Å²) >= 11 is 0. The van der Waals surface area contributed by atoms with Crippen molar-refractivity contribution in [1.82, 2.24) is 9.88 Å². The van der Waals surface area contributed by atoms with E-state index in [1.165, 1.54) is 12.0 Å². The van der Waals surface area contributed by atoms with E-state index in [9.17, 15) is 14.4 Å². The van der Waals surface area contributed by atoms with Gasteiger partial charge in [-0.25, -0.2) is 4.98 Å². The molecular weight excluding hydrogens is 512 g/mol. The van der Waals surface area contributed by atoms with Crippen molar-refractivity contribution in [3.8, 4) is 0 Å². The minimum Gasteiger partial charge on any atom is -0.375 e. The number of hydrogen-bond acceptors (Lipinski definition) is 7. The Bertz CT molecular complexity index is 1440. The van der Waals surface area contributed by atoms with Gasteiger partial charge in [0.2, 0.25) is 17.7 Å². The molecule has 1 aliphatic carbocycles. The topological polar surface area (TPSA) is 119 Å². The van der Waals surface area contributed by atoms with Crippen LogP contribution in [0.3, 0.4) is 0 Å². The molecule has 3 aromatic rings. The average Bonchev–Trinajstić information content (AvgIpc) is 3.46. The summed E-state index contributed by atoms with van der Waals surface area (Å²) in [7, 11) is 4.52. The van der Waals surface area contributed by atoms with E-state index >= 15 is 0 Å². The minimum atomic E-state index is -0.687. The molecule has 2 aliphatic rings. The van der Waals surface area contributed by atoms with Gasteiger partial charge in [-0.3, -0.25) is 14.4 Å². The van der Waals surface area contributed by atoms with Gasteiger partial charge in [-0.15, -0.1) is 0 Å². The van der Waals surface area contributed by atoms with Gasteiger partial charge in [0.15, 0.2) is 6.29 Å². The van der Waals surface area contributed by atoms with Crippen LogP contribution in [-0.2, 0) is 53.4 Å². The average molecular weight is 545 g/mol. The summed E-state index contributed by atoms with van der Waals surface area (Å²) in [5, 5.41) is 5.83. The molecule has 10 heteroatoms. The number of benzene rings is 2. The van der Waals surface area contributed by atoms with Crippen molar-refractivity contribution in [3.05, 3.63) is 88.6 Å². The van der Waals surface area contributed by atoms with E-state index in [0.717, 1.165) is 27.8 Å². The Morgan fingerprint density at radius 2 is 1.82 bits per heavy atom. The van der Waals surface area contributed by atoms with Crippen LogP contribution in [0, 0.1) is 0 Å². The standard InChI is InChI=1S/C30H32N4O6/c1-38-18-26(36)34(16-20-7-4-5-8-23(20)28(39-2)40-3)17-25(35)32-22-11-10-19-14-30(15-21(19)13-22)24-9-6-12-31-27(24)33-29(30)37/h4-13,28H,14-18H2,1-3H3,(H,32,35)(H,31,33,37). The first-order chi connectivity index (χ1) is 19.4. The zero-order chi connectivity index (χ0) is 28.3. The fourth-order valence-corrected chi connectivity index (χ4v) is 5.63. The number of aromatic nitrogens is 1. The summed E-state index contributed by atoms with van der Waals surface area (Å²) < 4.78 is 15.9. The Kier molecular flexibility index (Phi) is 7.92. The maximum Gasteiger partial charge on any atom is 0.249 e. The molecule has 0 saturated carbocycles. The monoisotopic (exact) mass is 544 g/mol. The largest absolute Gasteiger partial charge is 0.375 e. The van der Waals surface area contributed by atoms with Gasteiger partial charge in [-0.05, 0) is 47.7 Å². The van der Waals surface area contributed by atoms with Crippen LogP contribution in [0.4, 0.5) is 11.5 Å². The van der Waals surface area contributed by atoms with E-state index in [-0.39, 0.29) is 37.4 Å². The second-order valence-corrected chi connectivity index (χ2v) is 10.0. The predicted molar refractivity (Wildman–Crippen MR) is 148 cm³/mol. The molecule has 5 rings (SSSR count). The molecule has 2 aromatic carbocycles. The van der Waals surface area contributed by atoms with Crippen molar-refractivity contribution in [3.63, 3.8) is 0 Å². The first kappa shape index (κ1) is 27.4. The summed E-state index contributed by atoms with van der Waals surface area (Å²) in [5.41, 5.74) is 4.43. The zero-order valence-corrected chi connectivity index (χ0v) is 22.7. The number of rotatable bonds is 10. The fraction of sp³-hybridized carbons (Fsp3) is 0.333. The lowest BCUT2D eigenvalue weighted by Gasteiger charge is -2.25. The highest BCUT2D eigenvalue weighted by atomic mass is 16.7. The highest BCUT2D eigenvalue weighted by Gasteiger charge is 2.51. The number of carbonyl (C=O) groups excluding carboxylic acids is 3. The highest BCUT2D eigenvalue weighted by molar-refractivity contribution is 6.06. The van der Waals surface area contributed by atoms with Crippen LogP contribution in [0.25, 0.3) is 0 Å². The quantitative estimate of drug-likeness (QED) is 0.377. The fourth-order valence-electron chi connectivity index (χ4n) is 5.63. The molecule has 1 aliphatic heterocycles. The van der Waals surface area contributed by atoms with Gasteiger partial charge in [-0.1, -0.05) is 36.4 Å². The van der Waals surface area contributed by atoms with Crippen molar-refractivity contribution in [2.24, 2.45) is 0 Å². The molecule has 0 radical (unpaired) electrons. The van der Waals surface area contributed by atoms with Crippen molar-refractivity contribution in [1.29, 1.82) is 0 Å². The Labute approximate surface area is 232 Å². The third kappa shape index (κ3) is 5.21. The Morgan fingerprint density at radius 1 is 1.05 bits per heavy atom. The van der Waals surface area contributed by atoms with Crippen LogP contribution >= 0.6 is 0 Å². The lowest BCUT2D eigenvalue weighted by molar-refractivity contribution is -0.138. The molecule has 1 atom stereocenters. The molecule has 1 spiro atoms. The molecule has 40 heavy (non-hydrogen) atoms. The highest BCUT2D eigenvalue weighted by Crippen LogP contribution is 2.46. The van der Waals surface area contributed by atoms with Crippen LogP contribution in [-0.4, -0.2) is 62.1 Å². The van der Waals surface area contributed by atoms with Crippen molar-refractivity contribution < 1.29 is 28.6 Å². The minimum absolute atomic E-state index is 0.0558. The van der Waals surface area contributed by atoms with E-state index in [4.69, 9.17) is 14.2 Å². The number of fused-ring (bicyclic) bond motifs is 3. The number of pyridine rings is 1. The molecule has 0 bridgehead atoms. The summed E-state index contributed by atoms with van der Waals surface area (Å²) in [6.45, 7) is -0.166. The van der Waals surface area contributed by atoms with Gasteiger partial charge < -0.3 is 29.7 Å². The molecule has 2 heterocycles. The number of nitrogens with zero attached hydrogens (tertiary/aromatic N) is 2. The van der Waals surface area contributed by atoms with Gasteiger partial charge >= 0.3 is 0 Å². The third-order valence-corrected chi connectivity index (χ3v) is 7.52. The molecule has 208 valence electrons. The van der Waals surface area contributed by atoms with Crippen LogP contribution in [0.1, 0.15) is 34.1 Å². The lowest BCUT2D eigenvalue weighted by atomic mass is 9.79. The van der Waals surface area contributed by atoms with Crippen LogP contribution in [0.5, 0.6) is 0 Å². The first-order valence-electron chi connectivity index (χ1n) is 13.0. The van der Waals surface area contributed by atoms with Gasteiger partial charge in [0.1, 0.15) is 19.0 Å². The third-order valence-electron chi connectivity index (χ3n) is 7.52. The maximum absolute atomic E-state index is 13.2. The normalized spacial score (nSPS) is 17.1. The van der Waals surface area contributed by atoms with E-state index in [1.54, 1.807) is 20.4 Å². The van der Waals surface area contributed by atoms with E-state index in [1.807, 2.05) is 54.6 Å². The number of hydrogen-bond donors (Lipinski definition) is 2. The summed E-state index contributed by atoms with van der Waals surface area (Å²) in [5.74, 6) is -0.120. The number of amides is 3. The Hall–Kier alpha value is -4.12. The molecule has 3 amide bonds. The predicted octanol–water partition coefficient (Wildman–Crippen LogP) is 2.98. The van der Waals surface area contributed by atoms with Gasteiger partial charge in [0, 0.05) is 50.9 Å². The maximum atomic E-state index is 13.2. The SMILES string of the molecule is COCC(=O)N(CC(=O)Nc1ccc2c(c1)CC1(C2)C(=O)Nc2ncccc21)Cc1ccccc1C(OC)OC. The summed E-state index contributed by atoms with van der Waals surface area (Å²) in [4.78, 5) is 44.8. The summed E-state index contributed by atoms with van der Waals surface area (Å²) in [6.07, 6.45) is 2.15. The number of methoxy groups -OCH3 is 3. The van der Waals surface area contributed by atoms with Gasteiger partial charge in [0.05, 0.1) is 5.41 Å². The Balaban J connectivity index is 1.31. The molecule has 10 nitrogen and oxygen atoms in total. The molecule has 0 saturated heterocycles. The van der Waals surface area contributed by atoms with Crippen molar-refractivity contribution >= 4 is 29.2 Å². The van der Waals surface area contributed by atoms with E-state index in [0.29, 0.717) is 24.3 Å². The van der Waals surface area contributed by atoms with Crippen molar-refractivity contribution in [2.45, 2.75) is 31.1 Å². The number of ether oxygens (including phenoxy) is 3. The number of carbonyl (C=O) groups is 3. The molecular formula is C30H32N4O6. The lowest BCUT2D eigenvalue weighted by Crippen LogP contribution is -2.39.